The van der Waals surface area contributed by atoms with E-state index in [1.165, 1.54) is 10.6 Å². The van der Waals surface area contributed by atoms with Gasteiger partial charge in [-0.1, -0.05) is 42.0 Å². The maximum Gasteiger partial charge on any atom is 0.242 e. The molecule has 8 heteroatoms. The summed E-state index contributed by atoms with van der Waals surface area (Å²) in [5.41, 5.74) is 4.53. The molecule has 0 radical (unpaired) electrons. The molecule has 2 aromatic carbocycles. The van der Waals surface area contributed by atoms with Crippen LogP contribution in [0.1, 0.15) is 42.0 Å². The zero-order valence-corrected chi connectivity index (χ0v) is 21.2. The highest BCUT2D eigenvalue weighted by Gasteiger charge is 2.26. The van der Waals surface area contributed by atoms with Gasteiger partial charge in [-0.05, 0) is 56.9 Å². The molecular weight excluding hydrogens is 438 g/mol. The Morgan fingerprint density at radius 3 is 2.33 bits per heavy atom. The van der Waals surface area contributed by atoms with Gasteiger partial charge in [0.1, 0.15) is 6.04 Å². The summed E-state index contributed by atoms with van der Waals surface area (Å²) in [6.45, 7) is 7.99. The number of anilines is 1. The normalized spacial score (nSPS) is 12.2. The van der Waals surface area contributed by atoms with Crippen LogP contribution < -0.4 is 9.62 Å². The van der Waals surface area contributed by atoms with Gasteiger partial charge in [-0.15, -0.1) is 0 Å². The third kappa shape index (κ3) is 7.05. The first-order valence-corrected chi connectivity index (χ1v) is 12.9. The van der Waals surface area contributed by atoms with Crippen molar-refractivity contribution in [2.75, 3.05) is 24.2 Å². The summed E-state index contributed by atoms with van der Waals surface area (Å²) < 4.78 is 26.3. The molecule has 0 aliphatic rings. The fraction of sp³-hybridized carbons (Fsp3) is 0.440. The summed E-state index contributed by atoms with van der Waals surface area (Å²) >= 11 is 0. The van der Waals surface area contributed by atoms with Crippen molar-refractivity contribution in [3.63, 3.8) is 0 Å². The van der Waals surface area contributed by atoms with E-state index in [4.69, 9.17) is 0 Å². The Balaban J connectivity index is 2.18. The van der Waals surface area contributed by atoms with Gasteiger partial charge < -0.3 is 10.2 Å². The zero-order chi connectivity index (χ0) is 24.8. The number of rotatable bonds is 10. The maximum atomic E-state index is 13.2. The minimum absolute atomic E-state index is 0.129. The lowest BCUT2D eigenvalue weighted by Crippen LogP contribution is -2.46. The second-order valence-electron chi connectivity index (χ2n) is 8.46. The molecule has 180 valence electrons. The van der Waals surface area contributed by atoms with Crippen molar-refractivity contribution < 1.29 is 18.0 Å². The van der Waals surface area contributed by atoms with Crippen LogP contribution in [0.5, 0.6) is 0 Å². The summed E-state index contributed by atoms with van der Waals surface area (Å²) in [6, 6.07) is 12.7. The van der Waals surface area contributed by atoms with Crippen LogP contribution in [-0.2, 0) is 26.2 Å². The summed E-state index contributed by atoms with van der Waals surface area (Å²) in [4.78, 5) is 27.0. The van der Waals surface area contributed by atoms with Crippen LogP contribution >= 0.6 is 0 Å². The van der Waals surface area contributed by atoms with Gasteiger partial charge in [0, 0.05) is 26.6 Å². The van der Waals surface area contributed by atoms with Gasteiger partial charge >= 0.3 is 0 Å². The summed E-state index contributed by atoms with van der Waals surface area (Å²) in [7, 11) is -1.97. The molecule has 0 aromatic heterocycles. The number of carbonyl (C=O) groups is 2. The van der Waals surface area contributed by atoms with E-state index in [1.807, 2.05) is 57.2 Å². The van der Waals surface area contributed by atoms with E-state index < -0.39 is 16.1 Å². The lowest BCUT2D eigenvalue weighted by atomic mass is 10.1. The molecule has 0 fully saturated rings. The van der Waals surface area contributed by atoms with E-state index in [1.54, 1.807) is 24.9 Å². The highest BCUT2D eigenvalue weighted by Crippen LogP contribution is 2.25. The zero-order valence-electron chi connectivity index (χ0n) is 20.4. The summed E-state index contributed by atoms with van der Waals surface area (Å²) in [5, 5.41) is 2.60. The number of likely N-dealkylation sites (N-methyl/N-ethyl adjacent to an activating group) is 1. The molecule has 7 nitrogen and oxygen atoms in total. The molecule has 0 aliphatic heterocycles. The molecule has 1 N–H and O–H groups in total. The minimum Gasteiger partial charge on any atom is -0.357 e. The van der Waals surface area contributed by atoms with Crippen molar-refractivity contribution in [2.24, 2.45) is 0 Å². The largest absolute Gasteiger partial charge is 0.357 e. The molecule has 1 unspecified atom stereocenters. The molecule has 0 saturated heterocycles. The van der Waals surface area contributed by atoms with Gasteiger partial charge in [0.15, 0.2) is 0 Å². The predicted octanol–water partition coefficient (Wildman–Crippen LogP) is 3.32. The smallest absolute Gasteiger partial charge is 0.242 e. The number of benzene rings is 2. The maximum absolute atomic E-state index is 13.2. The van der Waals surface area contributed by atoms with Gasteiger partial charge in [-0.25, -0.2) is 8.42 Å². The van der Waals surface area contributed by atoms with E-state index in [0.717, 1.165) is 22.3 Å². The lowest BCUT2D eigenvalue weighted by molar-refractivity contribution is -0.140. The third-order valence-corrected chi connectivity index (χ3v) is 7.03. The van der Waals surface area contributed by atoms with E-state index in [0.29, 0.717) is 18.7 Å². The van der Waals surface area contributed by atoms with E-state index in [9.17, 15) is 18.0 Å². The highest BCUT2D eigenvalue weighted by atomic mass is 32.2. The Morgan fingerprint density at radius 1 is 1.06 bits per heavy atom. The second-order valence-corrected chi connectivity index (χ2v) is 10.4. The summed E-state index contributed by atoms with van der Waals surface area (Å²) in [5.74, 6) is -0.439. The topological polar surface area (TPSA) is 86.8 Å². The van der Waals surface area contributed by atoms with Gasteiger partial charge in [0.25, 0.3) is 0 Å². The first kappa shape index (κ1) is 26.4. The van der Waals surface area contributed by atoms with Gasteiger partial charge in [-0.3, -0.25) is 13.9 Å². The van der Waals surface area contributed by atoms with Gasteiger partial charge in [-0.2, -0.15) is 0 Å². The van der Waals surface area contributed by atoms with Crippen molar-refractivity contribution in [3.05, 3.63) is 64.7 Å². The number of carbonyl (C=O) groups excluding carboxylic acids is 2. The Kier molecular flexibility index (Phi) is 9.05. The van der Waals surface area contributed by atoms with Crippen molar-refractivity contribution in [1.82, 2.24) is 10.2 Å². The fourth-order valence-electron chi connectivity index (χ4n) is 3.79. The average molecular weight is 474 g/mol. The molecule has 1 atom stereocenters. The van der Waals surface area contributed by atoms with E-state index >= 15 is 0 Å². The first-order valence-electron chi connectivity index (χ1n) is 11.1. The monoisotopic (exact) mass is 473 g/mol. The second kappa shape index (κ2) is 11.3. The molecule has 0 heterocycles. The number of nitrogens with zero attached hydrogens (tertiary/aromatic N) is 2. The highest BCUT2D eigenvalue weighted by molar-refractivity contribution is 7.92. The summed E-state index contributed by atoms with van der Waals surface area (Å²) in [6.07, 6.45) is 1.64. The van der Waals surface area contributed by atoms with Crippen LogP contribution in [0.15, 0.2) is 42.5 Å². The Morgan fingerprint density at radius 2 is 1.73 bits per heavy atom. The molecule has 2 aromatic rings. The van der Waals surface area contributed by atoms with Crippen LogP contribution in [0, 0.1) is 20.8 Å². The van der Waals surface area contributed by atoms with Crippen molar-refractivity contribution in [1.29, 1.82) is 0 Å². The Bertz CT molecular complexity index is 1100. The van der Waals surface area contributed by atoms with Gasteiger partial charge in [0.05, 0.1) is 11.9 Å². The van der Waals surface area contributed by atoms with Gasteiger partial charge in [0.2, 0.25) is 21.8 Å². The van der Waals surface area contributed by atoms with Crippen molar-refractivity contribution >= 4 is 27.5 Å². The molecule has 0 saturated carbocycles. The van der Waals surface area contributed by atoms with Crippen LogP contribution in [0.2, 0.25) is 0 Å². The average Bonchev–Trinajstić information content (AvgIpc) is 2.75. The standard InChI is InChI=1S/C25H35N3O4S/c1-18-10-7-12-22(16-18)17-27(21(4)25(30)26-5)24(29)14-9-15-28(33(6,31)32)23-13-8-11-19(2)20(23)3/h7-8,10-13,16,21H,9,14-15,17H2,1-6H3,(H,26,30). The Hall–Kier alpha value is -2.87. The molecule has 0 spiro atoms. The van der Waals surface area contributed by atoms with Crippen molar-refractivity contribution in [2.45, 2.75) is 53.1 Å². The first-order chi connectivity index (χ1) is 15.5. The SMILES string of the molecule is CNC(=O)C(C)N(Cc1cccc(C)c1)C(=O)CCCN(c1cccc(C)c1C)S(C)(=O)=O. The number of nitrogens with one attached hydrogen (secondary N) is 1. The Labute approximate surface area is 197 Å². The quantitative estimate of drug-likeness (QED) is 0.574. The van der Waals surface area contributed by atoms with Crippen LogP contribution in [0.3, 0.4) is 0 Å². The number of hydrogen-bond donors (Lipinski definition) is 1. The predicted molar refractivity (Wildman–Crippen MR) is 133 cm³/mol. The lowest BCUT2D eigenvalue weighted by Gasteiger charge is -2.29. The number of aryl methyl sites for hydroxylation is 2. The van der Waals surface area contributed by atoms with Crippen LogP contribution in [-0.4, -0.2) is 51.0 Å². The molecule has 33 heavy (non-hydrogen) atoms. The van der Waals surface area contributed by atoms with Crippen molar-refractivity contribution in [3.8, 4) is 0 Å². The molecule has 2 amide bonds. The molecule has 0 aliphatic carbocycles. The number of hydrogen-bond acceptors (Lipinski definition) is 4. The number of amides is 2. The minimum atomic E-state index is -3.52. The fourth-order valence-corrected chi connectivity index (χ4v) is 4.80. The molecule has 2 rings (SSSR count). The molecular formula is C25H35N3O4S. The number of sulfonamides is 1. The third-order valence-electron chi connectivity index (χ3n) is 5.85. The molecule has 0 bridgehead atoms. The van der Waals surface area contributed by atoms with E-state index in [-0.39, 0.29) is 24.8 Å². The van der Waals surface area contributed by atoms with Crippen LogP contribution in [0.4, 0.5) is 5.69 Å². The van der Waals surface area contributed by atoms with E-state index in [2.05, 4.69) is 5.32 Å². The van der Waals surface area contributed by atoms with Crippen LogP contribution in [0.25, 0.3) is 0 Å².